The molecule has 3 heteroatoms. The van der Waals surface area contributed by atoms with Crippen molar-refractivity contribution in [1.29, 1.82) is 0 Å². The van der Waals surface area contributed by atoms with Crippen LogP contribution in [0.1, 0.15) is 42.8 Å². The van der Waals surface area contributed by atoms with Crippen LogP contribution in [0.4, 0.5) is 0 Å². The summed E-state index contributed by atoms with van der Waals surface area (Å²) in [6.07, 6.45) is 5.33. The normalized spacial score (nSPS) is 17.4. The Bertz CT molecular complexity index is 847. The zero-order valence-electron chi connectivity index (χ0n) is 13.8. The number of para-hydroxylation sites is 1. The maximum atomic E-state index is 4.51. The first kappa shape index (κ1) is 14.5. The lowest BCUT2D eigenvalue weighted by Crippen LogP contribution is -2.30. The van der Waals surface area contributed by atoms with E-state index in [1.54, 1.807) is 0 Å². The summed E-state index contributed by atoms with van der Waals surface area (Å²) >= 11 is 0. The molecule has 0 amide bonds. The summed E-state index contributed by atoms with van der Waals surface area (Å²) in [5.41, 5.74) is 6.55. The highest BCUT2D eigenvalue weighted by atomic mass is 15.0. The molecule has 3 nitrogen and oxygen atoms in total. The molecular weight excluding hydrogens is 282 g/mol. The second-order valence-electron chi connectivity index (χ2n) is 6.37. The molecule has 1 aliphatic rings. The number of hydrogen-bond acceptors (Lipinski definition) is 2. The van der Waals surface area contributed by atoms with E-state index in [0.717, 1.165) is 18.7 Å². The van der Waals surface area contributed by atoms with Crippen LogP contribution in [0.25, 0.3) is 16.6 Å². The van der Waals surface area contributed by atoms with Crippen molar-refractivity contribution in [1.82, 2.24) is 14.9 Å². The SMILES string of the molecule is CCCC1NCCc2c1c1ccccc1n2-c1cccnc1C. The van der Waals surface area contributed by atoms with Gasteiger partial charge in [0.1, 0.15) is 0 Å². The second kappa shape index (κ2) is 5.82. The Labute approximate surface area is 137 Å². The van der Waals surface area contributed by atoms with E-state index in [4.69, 9.17) is 0 Å². The summed E-state index contributed by atoms with van der Waals surface area (Å²) in [5, 5.41) is 5.10. The van der Waals surface area contributed by atoms with Crippen LogP contribution in [-0.4, -0.2) is 16.1 Å². The highest BCUT2D eigenvalue weighted by molar-refractivity contribution is 5.88. The fourth-order valence-electron chi connectivity index (χ4n) is 3.94. The van der Waals surface area contributed by atoms with Crippen LogP contribution < -0.4 is 5.32 Å². The largest absolute Gasteiger partial charge is 0.311 e. The summed E-state index contributed by atoms with van der Waals surface area (Å²) in [6.45, 7) is 5.41. The molecule has 0 saturated carbocycles. The van der Waals surface area contributed by atoms with Gasteiger partial charge in [-0.2, -0.15) is 0 Å². The van der Waals surface area contributed by atoms with Crippen molar-refractivity contribution in [3.05, 3.63) is 59.5 Å². The van der Waals surface area contributed by atoms with E-state index in [0.29, 0.717) is 6.04 Å². The molecule has 0 saturated heterocycles. The van der Waals surface area contributed by atoms with Crippen LogP contribution in [0.3, 0.4) is 0 Å². The van der Waals surface area contributed by atoms with Gasteiger partial charge in [-0.3, -0.25) is 4.98 Å². The molecule has 0 fully saturated rings. The lowest BCUT2D eigenvalue weighted by molar-refractivity contribution is 0.469. The first-order chi connectivity index (χ1) is 11.3. The maximum Gasteiger partial charge on any atom is 0.0671 e. The quantitative estimate of drug-likeness (QED) is 0.781. The molecule has 2 aromatic heterocycles. The van der Waals surface area contributed by atoms with Gasteiger partial charge in [-0.25, -0.2) is 0 Å². The number of hydrogen-bond donors (Lipinski definition) is 1. The molecular formula is C20H23N3. The third kappa shape index (κ3) is 2.27. The molecule has 1 aliphatic heterocycles. The Kier molecular flexibility index (Phi) is 3.66. The monoisotopic (exact) mass is 305 g/mol. The molecule has 3 aromatic rings. The Morgan fingerprint density at radius 1 is 1.22 bits per heavy atom. The van der Waals surface area contributed by atoms with E-state index in [1.165, 1.54) is 40.7 Å². The minimum absolute atomic E-state index is 0.465. The van der Waals surface area contributed by atoms with Crippen molar-refractivity contribution in [2.75, 3.05) is 6.54 Å². The number of aromatic nitrogens is 2. The van der Waals surface area contributed by atoms with Crippen molar-refractivity contribution in [3.63, 3.8) is 0 Å². The van der Waals surface area contributed by atoms with Gasteiger partial charge in [-0.05, 0) is 37.1 Å². The lowest BCUT2D eigenvalue weighted by Gasteiger charge is -2.26. The van der Waals surface area contributed by atoms with Gasteiger partial charge in [0.25, 0.3) is 0 Å². The third-order valence-electron chi connectivity index (χ3n) is 4.91. The Hall–Kier alpha value is -2.13. The van der Waals surface area contributed by atoms with Crippen LogP contribution in [0.5, 0.6) is 0 Å². The summed E-state index contributed by atoms with van der Waals surface area (Å²) in [4.78, 5) is 4.51. The molecule has 23 heavy (non-hydrogen) atoms. The Morgan fingerprint density at radius 3 is 2.91 bits per heavy atom. The molecule has 0 bridgehead atoms. The average molecular weight is 305 g/mol. The summed E-state index contributed by atoms with van der Waals surface area (Å²) < 4.78 is 2.44. The second-order valence-corrected chi connectivity index (χ2v) is 6.37. The van der Waals surface area contributed by atoms with Gasteiger partial charge in [0.15, 0.2) is 0 Å². The number of nitrogens with one attached hydrogen (secondary N) is 1. The number of benzene rings is 1. The third-order valence-corrected chi connectivity index (χ3v) is 4.91. The Morgan fingerprint density at radius 2 is 2.09 bits per heavy atom. The fraction of sp³-hybridized carbons (Fsp3) is 0.350. The van der Waals surface area contributed by atoms with Crippen molar-refractivity contribution in [3.8, 4) is 5.69 Å². The number of rotatable bonds is 3. The van der Waals surface area contributed by atoms with Gasteiger partial charge in [0, 0.05) is 36.3 Å². The van der Waals surface area contributed by atoms with Gasteiger partial charge < -0.3 is 9.88 Å². The van der Waals surface area contributed by atoms with Gasteiger partial charge in [0.05, 0.1) is 16.9 Å². The summed E-state index contributed by atoms with van der Waals surface area (Å²) in [5.74, 6) is 0. The molecule has 118 valence electrons. The van der Waals surface area contributed by atoms with E-state index in [9.17, 15) is 0 Å². The van der Waals surface area contributed by atoms with Crippen molar-refractivity contribution in [2.45, 2.75) is 39.2 Å². The zero-order valence-corrected chi connectivity index (χ0v) is 13.8. The van der Waals surface area contributed by atoms with Gasteiger partial charge >= 0.3 is 0 Å². The van der Waals surface area contributed by atoms with Gasteiger partial charge in [-0.1, -0.05) is 31.5 Å². The van der Waals surface area contributed by atoms with Crippen molar-refractivity contribution in [2.24, 2.45) is 0 Å². The van der Waals surface area contributed by atoms with Crippen LogP contribution in [0.2, 0.25) is 0 Å². The van der Waals surface area contributed by atoms with Crippen LogP contribution >= 0.6 is 0 Å². The zero-order chi connectivity index (χ0) is 15.8. The Balaban J connectivity index is 2.04. The summed E-state index contributed by atoms with van der Waals surface area (Å²) in [7, 11) is 0. The van der Waals surface area contributed by atoms with E-state index >= 15 is 0 Å². The highest BCUT2D eigenvalue weighted by Gasteiger charge is 2.27. The maximum absolute atomic E-state index is 4.51. The standard InChI is InChI=1S/C20H23N3/c1-3-7-16-20-15-8-4-5-9-18(15)23(19(20)11-13-22-16)17-10-6-12-21-14(17)2/h4-6,8-10,12,16,22H,3,7,11,13H2,1-2H3. The molecule has 0 spiro atoms. The molecule has 4 rings (SSSR count). The van der Waals surface area contributed by atoms with Crippen molar-refractivity contribution >= 4 is 10.9 Å². The first-order valence-corrected chi connectivity index (χ1v) is 8.59. The van der Waals surface area contributed by atoms with Crippen LogP contribution in [-0.2, 0) is 6.42 Å². The molecule has 0 radical (unpaired) electrons. The minimum Gasteiger partial charge on any atom is -0.311 e. The predicted octanol–water partition coefficient (Wildman–Crippen LogP) is 4.32. The molecule has 1 unspecified atom stereocenters. The van der Waals surface area contributed by atoms with Crippen LogP contribution in [0.15, 0.2) is 42.6 Å². The molecule has 1 N–H and O–H groups in total. The highest BCUT2D eigenvalue weighted by Crippen LogP contribution is 2.37. The molecule has 0 aliphatic carbocycles. The average Bonchev–Trinajstić information content (AvgIpc) is 2.91. The van der Waals surface area contributed by atoms with E-state index in [-0.39, 0.29) is 0 Å². The first-order valence-electron chi connectivity index (χ1n) is 8.59. The van der Waals surface area contributed by atoms with Crippen LogP contribution in [0, 0.1) is 6.92 Å². The summed E-state index contributed by atoms with van der Waals surface area (Å²) in [6, 6.07) is 13.5. The van der Waals surface area contributed by atoms with E-state index < -0.39 is 0 Å². The number of fused-ring (bicyclic) bond motifs is 3. The van der Waals surface area contributed by atoms with Crippen molar-refractivity contribution < 1.29 is 0 Å². The molecule has 1 atom stereocenters. The fourth-order valence-corrected chi connectivity index (χ4v) is 3.94. The number of nitrogens with zero attached hydrogens (tertiary/aromatic N) is 2. The minimum atomic E-state index is 0.465. The number of aryl methyl sites for hydroxylation is 1. The predicted molar refractivity (Wildman–Crippen MR) is 95.2 cm³/mol. The lowest BCUT2D eigenvalue weighted by atomic mass is 9.94. The molecule has 3 heterocycles. The topological polar surface area (TPSA) is 29.9 Å². The van der Waals surface area contributed by atoms with E-state index in [2.05, 4.69) is 59.0 Å². The van der Waals surface area contributed by atoms with E-state index in [1.807, 2.05) is 12.3 Å². The molecule has 1 aromatic carbocycles. The van der Waals surface area contributed by atoms with Gasteiger partial charge in [0.2, 0.25) is 0 Å². The number of pyridine rings is 1. The smallest absolute Gasteiger partial charge is 0.0671 e. The van der Waals surface area contributed by atoms with Gasteiger partial charge in [-0.15, -0.1) is 0 Å².